The van der Waals surface area contributed by atoms with Gasteiger partial charge in [-0.3, -0.25) is 0 Å². The molecule has 0 atom stereocenters. The SMILES string of the molecule is CCCc1ccc(-c2cc(Cl)nc(COC)n2)cc1. The molecule has 3 nitrogen and oxygen atoms in total. The maximum atomic E-state index is 6.01. The van der Waals surface area contributed by atoms with Gasteiger partial charge in [0.05, 0.1) is 5.69 Å². The van der Waals surface area contributed by atoms with Crippen LogP contribution < -0.4 is 0 Å². The fraction of sp³-hybridized carbons (Fsp3) is 0.333. The lowest BCUT2D eigenvalue weighted by Gasteiger charge is -2.06. The van der Waals surface area contributed by atoms with Crippen molar-refractivity contribution in [1.29, 1.82) is 0 Å². The molecule has 1 heterocycles. The number of halogens is 1. The van der Waals surface area contributed by atoms with Crippen molar-refractivity contribution in [2.45, 2.75) is 26.4 Å². The number of ether oxygens (including phenoxy) is 1. The Morgan fingerprint density at radius 2 is 1.89 bits per heavy atom. The van der Waals surface area contributed by atoms with E-state index in [-0.39, 0.29) is 0 Å². The van der Waals surface area contributed by atoms with Crippen molar-refractivity contribution in [3.8, 4) is 11.3 Å². The van der Waals surface area contributed by atoms with Crippen molar-refractivity contribution in [2.24, 2.45) is 0 Å². The first-order chi connectivity index (χ1) is 9.22. The van der Waals surface area contributed by atoms with Gasteiger partial charge in [-0.1, -0.05) is 49.2 Å². The molecule has 19 heavy (non-hydrogen) atoms. The monoisotopic (exact) mass is 276 g/mol. The third-order valence-electron chi connectivity index (χ3n) is 2.80. The number of methoxy groups -OCH3 is 1. The molecule has 0 bridgehead atoms. The lowest BCUT2D eigenvalue weighted by atomic mass is 10.1. The summed E-state index contributed by atoms with van der Waals surface area (Å²) in [5, 5.41) is 0.440. The number of hydrogen-bond donors (Lipinski definition) is 0. The summed E-state index contributed by atoms with van der Waals surface area (Å²) in [4.78, 5) is 8.57. The number of rotatable bonds is 5. The van der Waals surface area contributed by atoms with Crippen LogP contribution in [0.25, 0.3) is 11.3 Å². The van der Waals surface area contributed by atoms with E-state index >= 15 is 0 Å². The van der Waals surface area contributed by atoms with Crippen molar-refractivity contribution in [2.75, 3.05) is 7.11 Å². The van der Waals surface area contributed by atoms with Crippen LogP contribution in [0.2, 0.25) is 5.15 Å². The van der Waals surface area contributed by atoms with Crippen molar-refractivity contribution < 1.29 is 4.74 Å². The van der Waals surface area contributed by atoms with Crippen molar-refractivity contribution >= 4 is 11.6 Å². The van der Waals surface area contributed by atoms with Crippen molar-refractivity contribution in [1.82, 2.24) is 9.97 Å². The Bertz CT molecular complexity index is 540. The highest BCUT2D eigenvalue weighted by atomic mass is 35.5. The maximum absolute atomic E-state index is 6.01. The van der Waals surface area contributed by atoms with Gasteiger partial charge >= 0.3 is 0 Å². The molecule has 0 aliphatic carbocycles. The fourth-order valence-electron chi connectivity index (χ4n) is 1.94. The first-order valence-corrected chi connectivity index (χ1v) is 6.72. The summed E-state index contributed by atoms with van der Waals surface area (Å²) in [6, 6.07) is 10.2. The second kappa shape index (κ2) is 6.64. The number of aromatic nitrogens is 2. The molecule has 0 aliphatic rings. The molecule has 0 spiro atoms. The van der Waals surface area contributed by atoms with Crippen LogP contribution in [0.1, 0.15) is 24.7 Å². The predicted molar refractivity (Wildman–Crippen MR) is 77.2 cm³/mol. The summed E-state index contributed by atoms with van der Waals surface area (Å²) in [7, 11) is 1.61. The maximum Gasteiger partial charge on any atom is 0.156 e. The number of benzene rings is 1. The molecular formula is C15H17ClN2O. The van der Waals surface area contributed by atoms with E-state index in [4.69, 9.17) is 16.3 Å². The predicted octanol–water partition coefficient (Wildman–Crippen LogP) is 3.90. The Labute approximate surface area is 118 Å². The summed E-state index contributed by atoms with van der Waals surface area (Å²) in [5.41, 5.74) is 3.21. The number of nitrogens with zero attached hydrogens (tertiary/aromatic N) is 2. The minimum Gasteiger partial charge on any atom is -0.377 e. The highest BCUT2D eigenvalue weighted by Gasteiger charge is 2.05. The highest BCUT2D eigenvalue weighted by Crippen LogP contribution is 2.21. The fourth-order valence-corrected chi connectivity index (χ4v) is 2.14. The zero-order valence-corrected chi connectivity index (χ0v) is 11.9. The molecule has 2 rings (SSSR count). The van der Waals surface area contributed by atoms with Gasteiger partial charge in [0.2, 0.25) is 0 Å². The van der Waals surface area contributed by atoms with Crippen LogP contribution in [0, 0.1) is 0 Å². The first kappa shape index (κ1) is 14.0. The van der Waals surface area contributed by atoms with E-state index in [1.54, 1.807) is 13.2 Å². The van der Waals surface area contributed by atoms with E-state index in [0.29, 0.717) is 17.6 Å². The van der Waals surface area contributed by atoms with Crippen LogP contribution in [0.15, 0.2) is 30.3 Å². The molecule has 0 N–H and O–H groups in total. The average Bonchev–Trinajstić information content (AvgIpc) is 2.40. The Hall–Kier alpha value is -1.45. The van der Waals surface area contributed by atoms with E-state index in [1.165, 1.54) is 5.56 Å². The molecule has 0 radical (unpaired) electrons. The van der Waals surface area contributed by atoms with Crippen LogP contribution in [0.4, 0.5) is 0 Å². The van der Waals surface area contributed by atoms with Crippen LogP contribution >= 0.6 is 11.6 Å². The molecule has 1 aromatic carbocycles. The topological polar surface area (TPSA) is 35.0 Å². The second-order valence-corrected chi connectivity index (χ2v) is 4.76. The van der Waals surface area contributed by atoms with E-state index in [0.717, 1.165) is 24.1 Å². The molecule has 0 aliphatic heterocycles. The van der Waals surface area contributed by atoms with E-state index < -0.39 is 0 Å². The molecule has 2 aromatic rings. The van der Waals surface area contributed by atoms with Gasteiger partial charge in [0.1, 0.15) is 11.8 Å². The minimum atomic E-state index is 0.363. The summed E-state index contributed by atoms with van der Waals surface area (Å²) >= 11 is 6.01. The normalized spacial score (nSPS) is 10.7. The van der Waals surface area contributed by atoms with Crippen LogP contribution in [0.5, 0.6) is 0 Å². The Morgan fingerprint density at radius 1 is 1.16 bits per heavy atom. The Kier molecular flexibility index (Phi) is 4.88. The van der Waals surface area contributed by atoms with Crippen LogP contribution in [-0.2, 0) is 17.8 Å². The van der Waals surface area contributed by atoms with E-state index in [2.05, 4.69) is 41.2 Å². The van der Waals surface area contributed by atoms with Gasteiger partial charge in [-0.05, 0) is 12.0 Å². The zero-order valence-electron chi connectivity index (χ0n) is 11.2. The standard InChI is InChI=1S/C15H17ClN2O/c1-3-4-11-5-7-12(8-6-11)13-9-14(16)18-15(17-13)10-19-2/h5-9H,3-4,10H2,1-2H3. The number of hydrogen-bond acceptors (Lipinski definition) is 3. The summed E-state index contributed by atoms with van der Waals surface area (Å²) in [6.45, 7) is 2.54. The Morgan fingerprint density at radius 3 is 2.53 bits per heavy atom. The lowest BCUT2D eigenvalue weighted by Crippen LogP contribution is -1.98. The average molecular weight is 277 g/mol. The van der Waals surface area contributed by atoms with E-state index in [1.807, 2.05) is 0 Å². The smallest absolute Gasteiger partial charge is 0.156 e. The van der Waals surface area contributed by atoms with Gasteiger partial charge in [-0.2, -0.15) is 0 Å². The molecule has 4 heteroatoms. The van der Waals surface area contributed by atoms with Gasteiger partial charge in [-0.25, -0.2) is 9.97 Å². The lowest BCUT2D eigenvalue weighted by molar-refractivity contribution is 0.178. The number of aryl methyl sites for hydroxylation is 1. The van der Waals surface area contributed by atoms with Gasteiger partial charge in [0, 0.05) is 18.7 Å². The molecule has 0 fully saturated rings. The van der Waals surface area contributed by atoms with Gasteiger partial charge in [-0.15, -0.1) is 0 Å². The molecule has 0 saturated carbocycles. The van der Waals surface area contributed by atoms with Crippen LogP contribution in [0.3, 0.4) is 0 Å². The third-order valence-corrected chi connectivity index (χ3v) is 3.00. The molecule has 0 saturated heterocycles. The van der Waals surface area contributed by atoms with Crippen molar-refractivity contribution in [3.63, 3.8) is 0 Å². The van der Waals surface area contributed by atoms with Gasteiger partial charge < -0.3 is 4.74 Å². The molecular weight excluding hydrogens is 260 g/mol. The van der Waals surface area contributed by atoms with Crippen LogP contribution in [-0.4, -0.2) is 17.1 Å². The Balaban J connectivity index is 2.29. The molecule has 0 unspecified atom stereocenters. The summed E-state index contributed by atoms with van der Waals surface area (Å²) < 4.78 is 5.04. The largest absolute Gasteiger partial charge is 0.377 e. The first-order valence-electron chi connectivity index (χ1n) is 6.34. The summed E-state index contributed by atoms with van der Waals surface area (Å²) in [5.74, 6) is 0.600. The molecule has 100 valence electrons. The quantitative estimate of drug-likeness (QED) is 0.777. The van der Waals surface area contributed by atoms with E-state index in [9.17, 15) is 0 Å². The molecule has 1 aromatic heterocycles. The zero-order chi connectivity index (χ0) is 13.7. The van der Waals surface area contributed by atoms with Gasteiger partial charge in [0.25, 0.3) is 0 Å². The molecule has 0 amide bonds. The van der Waals surface area contributed by atoms with Gasteiger partial charge in [0.15, 0.2) is 5.82 Å². The summed E-state index contributed by atoms with van der Waals surface area (Å²) in [6.07, 6.45) is 2.25. The third kappa shape index (κ3) is 3.75. The minimum absolute atomic E-state index is 0.363. The van der Waals surface area contributed by atoms with Crippen molar-refractivity contribution in [3.05, 3.63) is 46.9 Å². The highest BCUT2D eigenvalue weighted by molar-refractivity contribution is 6.29. The second-order valence-electron chi connectivity index (χ2n) is 4.37.